The van der Waals surface area contributed by atoms with Crippen LogP contribution in [0.1, 0.15) is 66.2 Å². The predicted octanol–water partition coefficient (Wildman–Crippen LogP) is 5.74. The molecule has 0 aromatic carbocycles. The Morgan fingerprint density at radius 3 is 2.39 bits per heavy atom. The zero-order valence-corrected chi connectivity index (χ0v) is 21.9. The first-order valence-corrected chi connectivity index (χ1v) is 13.7. The summed E-state index contributed by atoms with van der Waals surface area (Å²) in [5.41, 5.74) is -7.24. The van der Waals surface area contributed by atoms with E-state index in [1.165, 1.54) is 6.92 Å². The molecule has 0 aliphatic heterocycles. The number of halogens is 3. The molecule has 0 heterocycles. The fraction of sp³-hybridized carbons (Fsp3) is 0.741. The average Bonchev–Trinajstić information content (AvgIpc) is 3.51. The van der Waals surface area contributed by atoms with Crippen LogP contribution in [0.4, 0.5) is 13.2 Å². The van der Waals surface area contributed by atoms with Gasteiger partial charge in [0.2, 0.25) is 5.12 Å². The Hall–Kier alpha value is -1.77. The Morgan fingerprint density at radius 2 is 1.78 bits per heavy atom. The number of allylic oxidation sites excluding steroid dienone is 3. The molecule has 5 nitrogen and oxygen atoms in total. The molecule has 8 atom stereocenters. The quantitative estimate of drug-likeness (QED) is 0.471. The lowest BCUT2D eigenvalue weighted by Crippen LogP contribution is -2.66. The number of ketones is 1. The summed E-state index contributed by atoms with van der Waals surface area (Å²) in [6, 6.07) is -0.981. The maximum Gasteiger partial charge on any atom is 0.312 e. The Bertz CT molecular complexity index is 1100. The van der Waals surface area contributed by atoms with Gasteiger partial charge in [-0.2, -0.15) is 0 Å². The number of fused-ring (bicyclic) bond motifs is 5. The van der Waals surface area contributed by atoms with Crippen LogP contribution < -0.4 is 0 Å². The molecule has 0 bridgehead atoms. The number of aliphatic hydroxyl groups excluding tert-OH is 1. The number of esters is 1. The lowest BCUT2D eigenvalue weighted by Gasteiger charge is -2.61. The molecule has 5 aliphatic rings. The molecule has 4 fully saturated rings. The number of hydrogen-bond acceptors (Lipinski definition) is 6. The number of hydrogen-bond donors (Lipinski definition) is 1. The van der Waals surface area contributed by atoms with Gasteiger partial charge in [0.15, 0.2) is 11.4 Å². The van der Waals surface area contributed by atoms with Crippen LogP contribution in [-0.4, -0.2) is 45.4 Å². The van der Waals surface area contributed by atoms with Crippen LogP contribution in [0.3, 0.4) is 0 Å². The zero-order valence-electron chi connectivity index (χ0n) is 21.0. The minimum atomic E-state index is -2.08. The van der Waals surface area contributed by atoms with Crippen LogP contribution >= 0.6 is 11.8 Å². The number of rotatable bonds is 4. The SMILES string of the molecule is C[C@@H]1C[C@H]2[C@@H]3C[C@H](F)C4=CC(=O)C=C(O)[C@]4(C)[C@@]3(F)CC[C@]2(C)[C@@]1(OC(=O)C1(C)CC1)C(=O)SCF. The van der Waals surface area contributed by atoms with Crippen molar-refractivity contribution in [2.75, 3.05) is 6.01 Å². The summed E-state index contributed by atoms with van der Waals surface area (Å²) in [5, 5.41) is 10.2. The molecule has 0 saturated heterocycles. The predicted molar refractivity (Wildman–Crippen MR) is 128 cm³/mol. The second-order valence-corrected chi connectivity index (χ2v) is 13.1. The van der Waals surface area contributed by atoms with E-state index >= 15 is 8.78 Å². The van der Waals surface area contributed by atoms with Crippen molar-refractivity contribution < 1.29 is 37.4 Å². The van der Waals surface area contributed by atoms with Gasteiger partial charge in [-0.15, -0.1) is 0 Å². The van der Waals surface area contributed by atoms with Gasteiger partial charge in [0.25, 0.3) is 0 Å². The highest BCUT2D eigenvalue weighted by Gasteiger charge is 2.77. The summed E-state index contributed by atoms with van der Waals surface area (Å²) >= 11 is 0.459. The van der Waals surface area contributed by atoms with Gasteiger partial charge in [-0.25, -0.2) is 13.2 Å². The standard InChI is InChI=1S/C27H33F3O5S/c1-14-9-16-17-12-19(29)18-10-15(31)11-20(32)25(18,4)26(17,30)8-7-24(16,3)27(14,22(34)36-13-28)35-21(33)23(2)5-6-23/h10-11,14,16-17,19,32H,5-9,12-13H2,1-4H3/t14-,16+,17+,19+,24+,25-,26-,27+/m1/s1. The van der Waals surface area contributed by atoms with Crippen LogP contribution in [0, 0.1) is 34.0 Å². The summed E-state index contributed by atoms with van der Waals surface area (Å²) in [7, 11) is 0. The number of alkyl halides is 3. The summed E-state index contributed by atoms with van der Waals surface area (Å²) < 4.78 is 52.5. The number of carbonyl (C=O) groups excluding carboxylic acids is 3. The number of thioether (sulfide) groups is 1. The highest BCUT2D eigenvalue weighted by molar-refractivity contribution is 8.13. The molecule has 5 rings (SSSR count). The van der Waals surface area contributed by atoms with Gasteiger partial charge in [0, 0.05) is 23.3 Å². The third-order valence-corrected chi connectivity index (χ3v) is 11.3. The second kappa shape index (κ2) is 7.87. The fourth-order valence-electron chi connectivity index (χ4n) is 8.03. The second-order valence-electron chi connectivity index (χ2n) is 12.2. The van der Waals surface area contributed by atoms with Crippen LogP contribution in [0.25, 0.3) is 0 Å². The zero-order chi connectivity index (χ0) is 26.5. The van der Waals surface area contributed by atoms with Gasteiger partial charge >= 0.3 is 5.97 Å². The highest BCUT2D eigenvalue weighted by atomic mass is 32.2. The van der Waals surface area contributed by atoms with E-state index in [0.29, 0.717) is 31.0 Å². The molecular formula is C27H33F3O5S. The van der Waals surface area contributed by atoms with Crippen LogP contribution in [0.2, 0.25) is 0 Å². The number of carbonyl (C=O) groups is 3. The van der Waals surface area contributed by atoms with Crippen LogP contribution in [-0.2, 0) is 19.1 Å². The molecule has 0 amide bonds. The van der Waals surface area contributed by atoms with E-state index in [9.17, 15) is 23.9 Å². The first-order chi connectivity index (χ1) is 16.7. The van der Waals surface area contributed by atoms with Gasteiger partial charge in [0.05, 0.1) is 10.8 Å². The number of ether oxygens (including phenoxy) is 1. The normalized spacial score (nSPS) is 46.6. The van der Waals surface area contributed by atoms with Crippen molar-refractivity contribution in [3.63, 3.8) is 0 Å². The van der Waals surface area contributed by atoms with Gasteiger partial charge in [-0.1, -0.05) is 13.8 Å². The molecule has 198 valence electrons. The minimum absolute atomic E-state index is 0.0516. The molecule has 36 heavy (non-hydrogen) atoms. The van der Waals surface area contributed by atoms with Crippen molar-refractivity contribution >= 4 is 28.6 Å². The molecule has 9 heteroatoms. The molecule has 4 saturated carbocycles. The topological polar surface area (TPSA) is 80.7 Å². The first-order valence-electron chi connectivity index (χ1n) is 12.7. The minimum Gasteiger partial charge on any atom is -0.511 e. The van der Waals surface area contributed by atoms with Gasteiger partial charge in [0.1, 0.15) is 23.6 Å². The lowest BCUT2D eigenvalue weighted by molar-refractivity contribution is -0.205. The van der Waals surface area contributed by atoms with Gasteiger partial charge in [-0.3, -0.25) is 14.4 Å². The summed E-state index contributed by atoms with van der Waals surface area (Å²) in [6.45, 7) is 6.77. The van der Waals surface area contributed by atoms with E-state index in [1.807, 2.05) is 0 Å². The summed E-state index contributed by atoms with van der Waals surface area (Å²) in [4.78, 5) is 38.8. The highest BCUT2D eigenvalue weighted by Crippen LogP contribution is 2.73. The Kier molecular flexibility index (Phi) is 5.65. The van der Waals surface area contributed by atoms with E-state index in [2.05, 4.69) is 0 Å². The van der Waals surface area contributed by atoms with Gasteiger partial charge in [-0.05, 0) is 81.7 Å². The molecule has 0 aromatic rings. The molecular weight excluding hydrogens is 493 g/mol. The van der Waals surface area contributed by atoms with E-state index in [0.717, 1.165) is 12.2 Å². The number of aliphatic hydroxyl groups is 1. The Balaban J connectivity index is 1.61. The Morgan fingerprint density at radius 1 is 1.11 bits per heavy atom. The van der Waals surface area contributed by atoms with Crippen LogP contribution in [0.5, 0.6) is 0 Å². The molecule has 5 aliphatic carbocycles. The monoisotopic (exact) mass is 526 g/mol. The molecule has 0 unspecified atom stereocenters. The van der Waals surface area contributed by atoms with Crippen molar-refractivity contribution in [1.29, 1.82) is 0 Å². The average molecular weight is 527 g/mol. The fourth-order valence-corrected chi connectivity index (χ4v) is 8.82. The summed E-state index contributed by atoms with van der Waals surface area (Å²) in [5.74, 6) is -3.56. The third-order valence-electron chi connectivity index (χ3n) is 10.6. The largest absolute Gasteiger partial charge is 0.511 e. The smallest absolute Gasteiger partial charge is 0.312 e. The van der Waals surface area contributed by atoms with Gasteiger partial charge < -0.3 is 9.84 Å². The van der Waals surface area contributed by atoms with Crippen molar-refractivity contribution in [2.45, 2.75) is 83.7 Å². The third kappa shape index (κ3) is 3.01. The summed E-state index contributed by atoms with van der Waals surface area (Å²) in [6.07, 6.45) is 1.74. The maximum atomic E-state index is 17.3. The van der Waals surface area contributed by atoms with E-state index in [1.54, 1.807) is 20.8 Å². The first kappa shape index (κ1) is 25.9. The molecule has 1 N–H and O–H groups in total. The van der Waals surface area contributed by atoms with Crippen molar-refractivity contribution in [3.05, 3.63) is 23.5 Å². The van der Waals surface area contributed by atoms with E-state index in [4.69, 9.17) is 4.74 Å². The maximum absolute atomic E-state index is 17.3. The van der Waals surface area contributed by atoms with Crippen molar-refractivity contribution in [2.24, 2.45) is 34.0 Å². The van der Waals surface area contributed by atoms with Crippen molar-refractivity contribution in [3.8, 4) is 0 Å². The lowest BCUT2D eigenvalue weighted by atomic mass is 9.45. The molecule has 0 spiro atoms. The Labute approximate surface area is 213 Å². The van der Waals surface area contributed by atoms with Crippen molar-refractivity contribution in [1.82, 2.24) is 0 Å². The van der Waals surface area contributed by atoms with E-state index < -0.39 is 80.1 Å². The van der Waals surface area contributed by atoms with Crippen LogP contribution in [0.15, 0.2) is 23.5 Å². The van der Waals surface area contributed by atoms with E-state index in [-0.39, 0.29) is 24.8 Å². The molecule has 0 radical (unpaired) electrons. The molecule has 0 aromatic heterocycles.